The number of ether oxygens (including phenoxy) is 1. The number of H-pyrrole nitrogens is 1. The van der Waals surface area contributed by atoms with Crippen LogP contribution in [-0.2, 0) is 13.0 Å². The number of aliphatic hydroxyl groups is 1. The maximum absolute atomic E-state index is 12.2. The van der Waals surface area contributed by atoms with Gasteiger partial charge < -0.3 is 9.84 Å². The Hall–Kier alpha value is -2.60. The van der Waals surface area contributed by atoms with E-state index in [4.69, 9.17) is 9.84 Å². The van der Waals surface area contributed by atoms with Crippen LogP contribution in [-0.4, -0.2) is 21.3 Å². The minimum absolute atomic E-state index is 0.119. The first-order chi connectivity index (χ1) is 11.5. The zero-order chi connectivity index (χ0) is 17.7. The van der Waals surface area contributed by atoms with E-state index in [0.717, 1.165) is 11.1 Å². The quantitative estimate of drug-likeness (QED) is 0.794. The molecule has 2 rings (SSSR count). The predicted octanol–water partition coefficient (Wildman–Crippen LogP) is 2.06. The van der Waals surface area contributed by atoms with Crippen molar-refractivity contribution in [2.24, 2.45) is 0 Å². The van der Waals surface area contributed by atoms with Gasteiger partial charge in [0.05, 0.1) is 12.2 Å². The molecule has 1 aromatic carbocycles. The van der Waals surface area contributed by atoms with Crippen LogP contribution in [0.3, 0.4) is 0 Å². The van der Waals surface area contributed by atoms with Crippen molar-refractivity contribution in [3.05, 3.63) is 67.9 Å². The van der Waals surface area contributed by atoms with E-state index in [0.29, 0.717) is 17.7 Å². The van der Waals surface area contributed by atoms with Crippen molar-refractivity contribution in [2.75, 3.05) is 6.61 Å². The topological polar surface area (TPSA) is 84.3 Å². The second kappa shape index (κ2) is 7.79. The first-order valence-electron chi connectivity index (χ1n) is 7.84. The summed E-state index contributed by atoms with van der Waals surface area (Å²) in [5.74, 6) is 0.811. The van der Waals surface area contributed by atoms with Crippen molar-refractivity contribution >= 4 is 0 Å². The Labute approximate surface area is 140 Å². The number of nitrogens with zero attached hydrogens (tertiary/aromatic N) is 1. The molecule has 0 unspecified atom stereocenters. The van der Waals surface area contributed by atoms with Crippen molar-refractivity contribution in [1.82, 2.24) is 9.55 Å². The van der Waals surface area contributed by atoms with E-state index in [-0.39, 0.29) is 19.0 Å². The predicted molar refractivity (Wildman–Crippen MR) is 92.9 cm³/mol. The number of rotatable bonds is 6. The van der Waals surface area contributed by atoms with Gasteiger partial charge in [0.15, 0.2) is 0 Å². The van der Waals surface area contributed by atoms with E-state index in [9.17, 15) is 9.59 Å². The number of benzene rings is 1. The van der Waals surface area contributed by atoms with Crippen LogP contribution in [0.4, 0.5) is 0 Å². The molecule has 6 heteroatoms. The van der Waals surface area contributed by atoms with Gasteiger partial charge in [0.1, 0.15) is 5.75 Å². The standard InChI is InChI=1S/C18H22N2O4/c1-4-15-16(22)19-18(23)20(7-5-6-8-21)17(15)24-14-10-12(2)9-13(3)11-14/h5-6,9-11,21H,4,7-8H2,1-3H3,(H,19,22,23)/b6-5+. The van der Waals surface area contributed by atoms with Gasteiger partial charge in [-0.2, -0.15) is 0 Å². The van der Waals surface area contributed by atoms with Gasteiger partial charge in [0, 0.05) is 6.54 Å². The molecule has 0 saturated carbocycles. The molecule has 24 heavy (non-hydrogen) atoms. The second-order valence-corrected chi connectivity index (χ2v) is 5.59. The van der Waals surface area contributed by atoms with Crippen LogP contribution < -0.4 is 16.0 Å². The zero-order valence-electron chi connectivity index (χ0n) is 14.1. The largest absolute Gasteiger partial charge is 0.440 e. The lowest BCUT2D eigenvalue weighted by Crippen LogP contribution is -2.33. The average molecular weight is 330 g/mol. The molecule has 0 aliphatic heterocycles. The Morgan fingerprint density at radius 3 is 2.42 bits per heavy atom. The molecule has 0 amide bonds. The lowest BCUT2D eigenvalue weighted by Gasteiger charge is -2.15. The summed E-state index contributed by atoms with van der Waals surface area (Å²) < 4.78 is 7.28. The first kappa shape index (κ1) is 17.7. The van der Waals surface area contributed by atoms with Crippen molar-refractivity contribution < 1.29 is 9.84 Å². The van der Waals surface area contributed by atoms with E-state index >= 15 is 0 Å². The third kappa shape index (κ3) is 4.02. The Kier molecular flexibility index (Phi) is 5.76. The van der Waals surface area contributed by atoms with Gasteiger partial charge in [-0.3, -0.25) is 14.3 Å². The molecule has 0 radical (unpaired) electrons. The molecule has 0 spiro atoms. The summed E-state index contributed by atoms with van der Waals surface area (Å²) in [7, 11) is 0. The summed E-state index contributed by atoms with van der Waals surface area (Å²) in [6.07, 6.45) is 3.61. The van der Waals surface area contributed by atoms with Gasteiger partial charge in [-0.1, -0.05) is 25.1 Å². The molecular formula is C18H22N2O4. The molecule has 0 saturated heterocycles. The Morgan fingerprint density at radius 2 is 1.83 bits per heavy atom. The molecule has 2 aromatic rings. The molecule has 1 heterocycles. The highest BCUT2D eigenvalue weighted by atomic mass is 16.5. The minimum atomic E-state index is -0.542. The third-order valence-electron chi connectivity index (χ3n) is 3.57. The summed E-state index contributed by atoms with van der Waals surface area (Å²) in [5.41, 5.74) is 1.48. The molecule has 1 aromatic heterocycles. The van der Waals surface area contributed by atoms with Crippen LogP contribution in [0.2, 0.25) is 0 Å². The maximum atomic E-state index is 12.2. The fraction of sp³-hybridized carbons (Fsp3) is 0.333. The van der Waals surface area contributed by atoms with Gasteiger partial charge in [-0.05, 0) is 43.5 Å². The van der Waals surface area contributed by atoms with Crippen LogP contribution >= 0.6 is 0 Å². The summed E-state index contributed by atoms with van der Waals surface area (Å²) in [6, 6.07) is 5.72. The van der Waals surface area contributed by atoms with Crippen molar-refractivity contribution in [2.45, 2.75) is 33.7 Å². The molecule has 0 fully saturated rings. The fourth-order valence-electron chi connectivity index (χ4n) is 2.54. The van der Waals surface area contributed by atoms with Gasteiger partial charge in [-0.25, -0.2) is 4.79 Å². The van der Waals surface area contributed by atoms with E-state index in [2.05, 4.69) is 4.98 Å². The summed E-state index contributed by atoms with van der Waals surface area (Å²) in [5, 5.41) is 8.86. The van der Waals surface area contributed by atoms with E-state index < -0.39 is 11.2 Å². The van der Waals surface area contributed by atoms with Crippen LogP contribution in [0, 0.1) is 13.8 Å². The molecule has 0 atom stereocenters. The number of hydrogen-bond acceptors (Lipinski definition) is 4. The molecule has 0 bridgehead atoms. The number of aromatic amines is 1. The summed E-state index contributed by atoms with van der Waals surface area (Å²) >= 11 is 0. The molecule has 6 nitrogen and oxygen atoms in total. The zero-order valence-corrected chi connectivity index (χ0v) is 14.1. The number of aromatic nitrogens is 2. The van der Waals surface area contributed by atoms with Gasteiger partial charge in [0.25, 0.3) is 5.56 Å². The van der Waals surface area contributed by atoms with Crippen LogP contribution in [0.25, 0.3) is 0 Å². The van der Waals surface area contributed by atoms with Crippen LogP contribution in [0.5, 0.6) is 11.6 Å². The Balaban J connectivity index is 2.58. The number of hydrogen-bond donors (Lipinski definition) is 2. The lowest BCUT2D eigenvalue weighted by atomic mass is 10.1. The van der Waals surface area contributed by atoms with Crippen molar-refractivity contribution in [3.63, 3.8) is 0 Å². The summed E-state index contributed by atoms with van der Waals surface area (Å²) in [6.45, 7) is 5.82. The number of nitrogens with one attached hydrogen (secondary N) is 1. The molecule has 2 N–H and O–H groups in total. The second-order valence-electron chi connectivity index (χ2n) is 5.59. The highest BCUT2D eigenvalue weighted by molar-refractivity contribution is 5.37. The molecule has 0 aliphatic rings. The van der Waals surface area contributed by atoms with E-state index in [1.54, 1.807) is 6.08 Å². The average Bonchev–Trinajstić information content (AvgIpc) is 2.49. The summed E-state index contributed by atoms with van der Waals surface area (Å²) in [4.78, 5) is 26.6. The highest BCUT2D eigenvalue weighted by Crippen LogP contribution is 2.25. The Morgan fingerprint density at radius 1 is 1.17 bits per heavy atom. The maximum Gasteiger partial charge on any atom is 0.331 e. The van der Waals surface area contributed by atoms with E-state index in [1.165, 1.54) is 10.6 Å². The molecule has 128 valence electrons. The van der Waals surface area contributed by atoms with Crippen molar-refractivity contribution in [3.8, 4) is 11.6 Å². The van der Waals surface area contributed by atoms with Crippen LogP contribution in [0.1, 0.15) is 23.6 Å². The third-order valence-corrected chi connectivity index (χ3v) is 3.57. The normalized spacial score (nSPS) is 11.2. The number of aryl methyl sites for hydroxylation is 2. The minimum Gasteiger partial charge on any atom is -0.440 e. The fourth-order valence-corrected chi connectivity index (χ4v) is 2.54. The first-order valence-corrected chi connectivity index (χ1v) is 7.84. The Bertz CT molecular complexity index is 842. The smallest absolute Gasteiger partial charge is 0.331 e. The van der Waals surface area contributed by atoms with Crippen molar-refractivity contribution in [1.29, 1.82) is 0 Å². The number of allylic oxidation sites excluding steroid dienone is 1. The monoisotopic (exact) mass is 330 g/mol. The SMILES string of the molecule is CCc1c(Oc2cc(C)cc(C)c2)n(C/C=C/CO)c(=O)[nH]c1=O. The molecule has 0 aliphatic carbocycles. The van der Waals surface area contributed by atoms with Crippen LogP contribution in [0.15, 0.2) is 39.9 Å². The highest BCUT2D eigenvalue weighted by Gasteiger charge is 2.15. The van der Waals surface area contributed by atoms with Gasteiger partial charge in [0.2, 0.25) is 5.88 Å². The number of aliphatic hydroxyl groups excluding tert-OH is 1. The van der Waals surface area contributed by atoms with Gasteiger partial charge >= 0.3 is 5.69 Å². The molecular weight excluding hydrogens is 308 g/mol. The van der Waals surface area contributed by atoms with Gasteiger partial charge in [-0.15, -0.1) is 0 Å². The lowest BCUT2D eigenvalue weighted by molar-refractivity contribution is 0.342. The van der Waals surface area contributed by atoms with E-state index in [1.807, 2.05) is 39.0 Å².